The van der Waals surface area contributed by atoms with Crippen LogP contribution in [0.5, 0.6) is 5.75 Å². The van der Waals surface area contributed by atoms with Crippen molar-refractivity contribution in [2.24, 2.45) is 0 Å². The molecule has 1 heterocycles. The summed E-state index contributed by atoms with van der Waals surface area (Å²) in [5.41, 5.74) is 3.12. The van der Waals surface area contributed by atoms with E-state index in [4.69, 9.17) is 4.74 Å². The Morgan fingerprint density at radius 2 is 1.67 bits per heavy atom. The van der Waals surface area contributed by atoms with E-state index in [1.807, 2.05) is 30.3 Å². The smallest absolute Gasteiger partial charge is 0.255 e. The largest absolute Gasteiger partial charge is 0.497 e. The van der Waals surface area contributed by atoms with E-state index in [2.05, 4.69) is 20.9 Å². The third-order valence-corrected chi connectivity index (χ3v) is 7.09. The average Bonchev–Trinajstić information content (AvgIpc) is 3.52. The Kier molecular flexibility index (Phi) is 9.58. The Balaban J connectivity index is 1.30. The first-order valence-electron chi connectivity index (χ1n) is 14.1. The quantitative estimate of drug-likeness (QED) is 0.224. The van der Waals surface area contributed by atoms with Crippen molar-refractivity contribution in [1.29, 1.82) is 0 Å². The average molecular weight is 607 g/mol. The minimum Gasteiger partial charge on any atom is -0.497 e. The van der Waals surface area contributed by atoms with E-state index in [0.29, 0.717) is 28.4 Å². The summed E-state index contributed by atoms with van der Waals surface area (Å²) in [5, 5.41) is 13.9. The van der Waals surface area contributed by atoms with E-state index in [1.54, 1.807) is 68.9 Å². The van der Waals surface area contributed by atoms with Crippen molar-refractivity contribution in [2.45, 2.75) is 19.0 Å². The molecular weight excluding hydrogens is 575 g/mol. The lowest BCUT2D eigenvalue weighted by molar-refractivity contribution is -0.127. The van der Waals surface area contributed by atoms with Gasteiger partial charge in [-0.1, -0.05) is 59.8 Å². The Morgan fingerprint density at radius 1 is 0.933 bits per heavy atom. The summed E-state index contributed by atoms with van der Waals surface area (Å²) in [7, 11) is 3.22. The molecule has 4 aromatic carbocycles. The fourth-order valence-corrected chi connectivity index (χ4v) is 4.74. The first kappa shape index (κ1) is 30.6. The zero-order valence-electron chi connectivity index (χ0n) is 24.7. The van der Waals surface area contributed by atoms with Gasteiger partial charge in [-0.15, -0.1) is 5.10 Å². The molecule has 1 atom stereocenters. The Labute approximate surface area is 259 Å². The van der Waals surface area contributed by atoms with E-state index < -0.39 is 23.7 Å². The monoisotopic (exact) mass is 606 g/mol. The number of nitrogens with zero attached hydrogens (tertiary/aromatic N) is 4. The molecule has 2 N–H and O–H groups in total. The van der Waals surface area contributed by atoms with Crippen LogP contribution in [0.1, 0.15) is 15.9 Å². The molecule has 0 aliphatic heterocycles. The van der Waals surface area contributed by atoms with Crippen LogP contribution in [0, 0.1) is 5.82 Å². The van der Waals surface area contributed by atoms with E-state index >= 15 is 0 Å². The van der Waals surface area contributed by atoms with Crippen molar-refractivity contribution in [1.82, 2.24) is 20.3 Å². The molecule has 0 saturated carbocycles. The van der Waals surface area contributed by atoms with Gasteiger partial charge in [0.05, 0.1) is 19.0 Å². The van der Waals surface area contributed by atoms with E-state index in [9.17, 15) is 18.8 Å². The summed E-state index contributed by atoms with van der Waals surface area (Å²) in [6, 6.07) is 28.0. The maximum atomic E-state index is 13.6. The van der Waals surface area contributed by atoms with Crippen LogP contribution in [0.3, 0.4) is 0 Å². The molecule has 0 unspecified atom stereocenters. The molecule has 0 spiro atoms. The highest BCUT2D eigenvalue weighted by atomic mass is 19.1. The first-order chi connectivity index (χ1) is 21.8. The second kappa shape index (κ2) is 14.1. The van der Waals surface area contributed by atoms with Crippen LogP contribution in [-0.2, 0) is 22.6 Å². The molecule has 11 heteroatoms. The predicted molar refractivity (Wildman–Crippen MR) is 168 cm³/mol. The van der Waals surface area contributed by atoms with Gasteiger partial charge in [0.25, 0.3) is 5.91 Å². The highest BCUT2D eigenvalue weighted by Crippen LogP contribution is 2.26. The number of carbonyl (C=O) groups excluding carboxylic acids is 3. The van der Waals surface area contributed by atoms with Gasteiger partial charge in [0.15, 0.2) is 0 Å². The molecule has 228 valence electrons. The molecule has 0 radical (unpaired) electrons. The number of hydrogen-bond acceptors (Lipinski definition) is 6. The molecule has 45 heavy (non-hydrogen) atoms. The SMILES string of the molecule is COc1ccc(N(C)C(=O)[C@H](Cc2ccccc2)NC(=O)Cn2cc(-c3ccccc3NC(=O)c3cccc(F)c3)nn2)cc1. The Bertz CT molecular complexity index is 1790. The van der Waals surface area contributed by atoms with Gasteiger partial charge in [0.1, 0.15) is 29.8 Å². The van der Waals surface area contributed by atoms with Gasteiger partial charge in [-0.3, -0.25) is 14.4 Å². The zero-order chi connectivity index (χ0) is 31.8. The molecule has 5 aromatic rings. The van der Waals surface area contributed by atoms with Gasteiger partial charge in [-0.05, 0) is 54.1 Å². The van der Waals surface area contributed by atoms with Crippen LogP contribution in [0.2, 0.25) is 0 Å². The van der Waals surface area contributed by atoms with Crippen molar-refractivity contribution >= 4 is 29.1 Å². The predicted octanol–water partition coefficient (Wildman–Crippen LogP) is 4.74. The normalized spacial score (nSPS) is 11.4. The summed E-state index contributed by atoms with van der Waals surface area (Å²) < 4.78 is 20.2. The maximum Gasteiger partial charge on any atom is 0.255 e. The summed E-state index contributed by atoms with van der Waals surface area (Å²) in [6.07, 6.45) is 1.86. The van der Waals surface area contributed by atoms with Gasteiger partial charge < -0.3 is 20.3 Å². The summed E-state index contributed by atoms with van der Waals surface area (Å²) in [4.78, 5) is 41.1. The molecular formula is C34H31FN6O4. The fraction of sp³-hybridized carbons (Fsp3) is 0.147. The van der Waals surface area contributed by atoms with Gasteiger partial charge in [0, 0.05) is 30.3 Å². The molecule has 0 fully saturated rings. The number of likely N-dealkylation sites (N-methyl/N-ethyl adjacent to an activating group) is 1. The number of rotatable bonds is 11. The van der Waals surface area contributed by atoms with Crippen LogP contribution in [0.25, 0.3) is 11.3 Å². The molecule has 0 aliphatic rings. The Hall–Kier alpha value is -5.84. The second-order valence-electron chi connectivity index (χ2n) is 10.2. The molecule has 0 aliphatic carbocycles. The third-order valence-electron chi connectivity index (χ3n) is 7.09. The standard InChI is InChI=1S/C34H31FN6O4/c1-40(26-15-17-27(45-2)18-16-26)34(44)30(19-23-9-4-3-5-10-23)36-32(42)22-41-21-31(38-39-41)28-13-6-7-14-29(28)37-33(43)24-11-8-12-25(35)20-24/h3-18,20-21,30H,19,22H2,1-2H3,(H,36,42)(H,37,43)/t30-/m0/s1. The van der Waals surface area contributed by atoms with Gasteiger partial charge in [0.2, 0.25) is 11.8 Å². The lowest BCUT2D eigenvalue weighted by Gasteiger charge is -2.25. The highest BCUT2D eigenvalue weighted by Gasteiger charge is 2.26. The number of methoxy groups -OCH3 is 1. The maximum absolute atomic E-state index is 13.6. The van der Waals surface area contributed by atoms with Crippen molar-refractivity contribution in [3.05, 3.63) is 126 Å². The molecule has 5 rings (SSSR count). The number of para-hydroxylation sites is 1. The van der Waals surface area contributed by atoms with Crippen molar-refractivity contribution in [2.75, 3.05) is 24.4 Å². The molecule has 0 saturated heterocycles. The zero-order valence-corrected chi connectivity index (χ0v) is 24.7. The molecule has 1 aromatic heterocycles. The Morgan fingerprint density at radius 3 is 2.40 bits per heavy atom. The van der Waals surface area contributed by atoms with Crippen LogP contribution < -0.4 is 20.3 Å². The number of anilines is 2. The number of hydrogen-bond donors (Lipinski definition) is 2. The fourth-order valence-electron chi connectivity index (χ4n) is 4.74. The van der Waals surface area contributed by atoms with Gasteiger partial charge >= 0.3 is 0 Å². The van der Waals surface area contributed by atoms with Crippen LogP contribution in [0.4, 0.5) is 15.8 Å². The highest BCUT2D eigenvalue weighted by molar-refractivity contribution is 6.06. The number of carbonyl (C=O) groups is 3. The van der Waals surface area contributed by atoms with Gasteiger partial charge in [-0.25, -0.2) is 9.07 Å². The molecule has 3 amide bonds. The minimum atomic E-state index is -0.853. The minimum absolute atomic E-state index is 0.169. The van der Waals surface area contributed by atoms with Gasteiger partial charge in [-0.2, -0.15) is 0 Å². The lowest BCUT2D eigenvalue weighted by Crippen LogP contribution is -2.49. The molecule has 0 bridgehead atoms. The number of benzene rings is 4. The summed E-state index contributed by atoms with van der Waals surface area (Å²) >= 11 is 0. The van der Waals surface area contributed by atoms with Crippen molar-refractivity contribution < 1.29 is 23.5 Å². The number of ether oxygens (including phenoxy) is 1. The molecule has 10 nitrogen and oxygen atoms in total. The van der Waals surface area contributed by atoms with E-state index in [-0.39, 0.29) is 24.4 Å². The number of amides is 3. The number of aromatic nitrogens is 3. The first-order valence-corrected chi connectivity index (χ1v) is 14.1. The summed E-state index contributed by atoms with van der Waals surface area (Å²) in [5.74, 6) is -1.06. The number of nitrogens with one attached hydrogen (secondary N) is 2. The van der Waals surface area contributed by atoms with Crippen LogP contribution in [-0.4, -0.2) is 52.9 Å². The van der Waals surface area contributed by atoms with E-state index in [1.165, 1.54) is 27.8 Å². The van der Waals surface area contributed by atoms with Crippen molar-refractivity contribution in [3.63, 3.8) is 0 Å². The number of halogens is 1. The topological polar surface area (TPSA) is 118 Å². The van der Waals surface area contributed by atoms with E-state index in [0.717, 1.165) is 11.6 Å². The van der Waals surface area contributed by atoms with Crippen molar-refractivity contribution in [3.8, 4) is 17.0 Å². The third kappa shape index (κ3) is 7.77. The van der Waals surface area contributed by atoms with Crippen LogP contribution in [0.15, 0.2) is 109 Å². The summed E-state index contributed by atoms with van der Waals surface area (Å²) in [6.45, 7) is -0.199. The lowest BCUT2D eigenvalue weighted by atomic mass is 10.0. The van der Waals surface area contributed by atoms with Crippen LogP contribution >= 0.6 is 0 Å². The second-order valence-corrected chi connectivity index (χ2v) is 10.2.